The van der Waals surface area contributed by atoms with E-state index in [4.69, 9.17) is 9.52 Å². The third kappa shape index (κ3) is 5.91. The summed E-state index contributed by atoms with van der Waals surface area (Å²) in [7, 11) is -6.78. The molecule has 0 amide bonds. The molecular formula is C24H34N2O4S2. The molecule has 0 saturated carbocycles. The van der Waals surface area contributed by atoms with Crippen LogP contribution in [0, 0.1) is 16.6 Å². The van der Waals surface area contributed by atoms with E-state index < -0.39 is 19.8 Å². The van der Waals surface area contributed by atoms with Gasteiger partial charge >= 0.3 is 0 Å². The van der Waals surface area contributed by atoms with Crippen LogP contribution >= 0.6 is 0 Å². The Balaban J connectivity index is 1.86. The van der Waals surface area contributed by atoms with Crippen LogP contribution in [0.15, 0.2) is 58.3 Å². The molecule has 0 spiro atoms. The molecule has 6 nitrogen and oxygen atoms in total. The molecule has 1 fully saturated rings. The van der Waals surface area contributed by atoms with Gasteiger partial charge in [-0.05, 0) is 73.1 Å². The molecule has 2 aromatic carbocycles. The Morgan fingerprint density at radius 1 is 0.969 bits per heavy atom. The fourth-order valence-electron chi connectivity index (χ4n) is 3.87. The van der Waals surface area contributed by atoms with Gasteiger partial charge in [-0.15, -0.1) is 0 Å². The molecule has 0 aromatic heterocycles. The fourth-order valence-corrected chi connectivity index (χ4v) is 7.27. The van der Waals surface area contributed by atoms with Gasteiger partial charge in [0.1, 0.15) is 0 Å². The predicted molar refractivity (Wildman–Crippen MR) is 129 cm³/mol. The van der Waals surface area contributed by atoms with Crippen molar-refractivity contribution in [3.8, 4) is 0 Å². The first-order chi connectivity index (χ1) is 15.1. The lowest BCUT2D eigenvalue weighted by molar-refractivity contribution is 0.0725. The molecule has 2 aromatic rings. The summed E-state index contributed by atoms with van der Waals surface area (Å²) in [6.45, 7) is 7.67. The molecule has 176 valence electrons. The number of hydrogen-bond donors (Lipinski definition) is 1. The summed E-state index contributed by atoms with van der Waals surface area (Å²) in [5, 5.41) is 0. The zero-order chi connectivity index (χ0) is 23.4. The van der Waals surface area contributed by atoms with Gasteiger partial charge in [-0.2, -0.15) is 0 Å². The molecule has 1 heterocycles. The molecule has 1 N–H and O–H groups in total. The highest BCUT2D eigenvalue weighted by Gasteiger charge is 2.27. The van der Waals surface area contributed by atoms with E-state index in [1.165, 1.54) is 28.6 Å². The maximum atomic E-state index is 13.5. The number of nitrogens with one attached hydrogen (secondary N) is 1. The third-order valence-corrected chi connectivity index (χ3v) is 9.55. The highest BCUT2D eigenvalue weighted by atomic mass is 32.2. The van der Waals surface area contributed by atoms with E-state index in [0.717, 1.165) is 24.8 Å². The monoisotopic (exact) mass is 478 g/mol. The molecule has 0 radical (unpaired) electrons. The SMILES string of the molecule is CCc1ccc(N(CC(C)C)S(=O)(=O)c2ccc(S(=N)(=O)CC3CCOCC3)cc2)cc1. The lowest BCUT2D eigenvalue weighted by Gasteiger charge is -2.26. The second kappa shape index (κ2) is 10.4. The lowest BCUT2D eigenvalue weighted by Crippen LogP contribution is -2.34. The maximum absolute atomic E-state index is 13.5. The second-order valence-electron chi connectivity index (χ2n) is 8.82. The molecule has 1 unspecified atom stereocenters. The van der Waals surface area contributed by atoms with Crippen molar-refractivity contribution < 1.29 is 17.4 Å². The van der Waals surface area contributed by atoms with Gasteiger partial charge in [0.05, 0.1) is 20.3 Å². The van der Waals surface area contributed by atoms with Crippen molar-refractivity contribution in [1.82, 2.24) is 0 Å². The topological polar surface area (TPSA) is 87.5 Å². The number of benzene rings is 2. The van der Waals surface area contributed by atoms with Crippen LogP contribution in [-0.2, 0) is 30.9 Å². The van der Waals surface area contributed by atoms with Crippen molar-refractivity contribution in [2.75, 3.05) is 29.8 Å². The number of aryl methyl sites for hydroxylation is 1. The second-order valence-corrected chi connectivity index (χ2v) is 12.8. The van der Waals surface area contributed by atoms with Crippen molar-refractivity contribution in [3.05, 3.63) is 54.1 Å². The predicted octanol–water partition coefficient (Wildman–Crippen LogP) is 4.93. The average Bonchev–Trinajstić information content (AvgIpc) is 2.78. The van der Waals surface area contributed by atoms with E-state index in [1.54, 1.807) is 0 Å². The van der Waals surface area contributed by atoms with E-state index in [1.807, 2.05) is 38.1 Å². The number of anilines is 1. The molecule has 32 heavy (non-hydrogen) atoms. The van der Waals surface area contributed by atoms with Gasteiger partial charge < -0.3 is 4.74 Å². The first-order valence-corrected chi connectivity index (χ1v) is 14.4. The van der Waals surface area contributed by atoms with Crippen LogP contribution in [-0.4, -0.2) is 38.1 Å². The van der Waals surface area contributed by atoms with E-state index >= 15 is 0 Å². The molecule has 1 aliphatic heterocycles. The smallest absolute Gasteiger partial charge is 0.264 e. The maximum Gasteiger partial charge on any atom is 0.264 e. The molecule has 8 heteroatoms. The molecule has 1 atom stereocenters. The third-order valence-electron chi connectivity index (χ3n) is 5.77. The molecule has 0 aliphatic carbocycles. The minimum absolute atomic E-state index is 0.140. The number of hydrogen-bond acceptors (Lipinski definition) is 5. The highest BCUT2D eigenvalue weighted by molar-refractivity contribution is 7.93. The summed E-state index contributed by atoms with van der Waals surface area (Å²) in [4.78, 5) is 0.522. The highest BCUT2D eigenvalue weighted by Crippen LogP contribution is 2.27. The van der Waals surface area contributed by atoms with Crippen molar-refractivity contribution in [3.63, 3.8) is 0 Å². The van der Waals surface area contributed by atoms with Gasteiger partial charge in [0.15, 0.2) is 0 Å². The number of ether oxygens (including phenoxy) is 1. The molecule has 0 bridgehead atoms. The standard InChI is InChI=1S/C24H34N2O4S2/c1-4-20-5-7-22(8-6-20)26(17-19(2)3)32(28,29)24-11-9-23(10-12-24)31(25,27)18-21-13-15-30-16-14-21/h5-12,19,21,25H,4,13-18H2,1-3H3. The zero-order valence-electron chi connectivity index (χ0n) is 19.1. The van der Waals surface area contributed by atoms with Gasteiger partial charge in [0.2, 0.25) is 0 Å². The van der Waals surface area contributed by atoms with Gasteiger partial charge in [-0.1, -0.05) is 32.9 Å². The Hall–Kier alpha value is -1.90. The quantitative estimate of drug-likeness (QED) is 0.553. The summed E-state index contributed by atoms with van der Waals surface area (Å²) in [6.07, 6.45) is 2.51. The van der Waals surface area contributed by atoms with Gasteiger partial charge in [-0.3, -0.25) is 4.31 Å². The summed E-state index contributed by atoms with van der Waals surface area (Å²) in [6, 6.07) is 13.6. The first kappa shape index (κ1) is 24.7. The van der Waals surface area contributed by atoms with Crippen LogP contribution in [0.4, 0.5) is 5.69 Å². The minimum Gasteiger partial charge on any atom is -0.381 e. The summed E-state index contributed by atoms with van der Waals surface area (Å²) < 4.78 is 55.2. The van der Waals surface area contributed by atoms with Crippen molar-refractivity contribution in [1.29, 1.82) is 4.78 Å². The van der Waals surface area contributed by atoms with Crippen LogP contribution < -0.4 is 4.31 Å². The molecule has 1 saturated heterocycles. The van der Waals surface area contributed by atoms with Crippen LogP contribution in [0.5, 0.6) is 0 Å². The van der Waals surface area contributed by atoms with Crippen LogP contribution in [0.1, 0.15) is 39.2 Å². The molecule has 1 aliphatic rings. The Morgan fingerprint density at radius 2 is 1.53 bits per heavy atom. The van der Waals surface area contributed by atoms with Gasteiger partial charge in [-0.25, -0.2) is 17.4 Å². The van der Waals surface area contributed by atoms with Crippen molar-refractivity contribution in [2.45, 2.75) is 49.8 Å². The van der Waals surface area contributed by atoms with Crippen LogP contribution in [0.2, 0.25) is 0 Å². The summed E-state index contributed by atoms with van der Waals surface area (Å²) in [5.74, 6) is 0.622. The Bertz CT molecular complexity index is 1090. The minimum atomic E-state index is -3.80. The van der Waals surface area contributed by atoms with E-state index in [2.05, 4.69) is 6.92 Å². The Labute approximate surface area is 193 Å². The fraction of sp³-hybridized carbons (Fsp3) is 0.500. The Morgan fingerprint density at radius 3 is 2.06 bits per heavy atom. The Kier molecular flexibility index (Phi) is 8.01. The van der Waals surface area contributed by atoms with Crippen LogP contribution in [0.3, 0.4) is 0 Å². The van der Waals surface area contributed by atoms with E-state index in [0.29, 0.717) is 30.3 Å². The summed E-state index contributed by atoms with van der Waals surface area (Å²) >= 11 is 0. The zero-order valence-corrected chi connectivity index (χ0v) is 20.8. The molecule has 3 rings (SSSR count). The number of sulfonamides is 1. The van der Waals surface area contributed by atoms with Crippen molar-refractivity contribution >= 4 is 25.4 Å². The average molecular weight is 479 g/mol. The largest absolute Gasteiger partial charge is 0.381 e. The number of nitrogens with zero attached hydrogens (tertiary/aromatic N) is 1. The number of rotatable bonds is 9. The first-order valence-electron chi connectivity index (χ1n) is 11.2. The van der Waals surface area contributed by atoms with Gasteiger partial charge in [0.25, 0.3) is 10.0 Å². The van der Waals surface area contributed by atoms with E-state index in [9.17, 15) is 12.6 Å². The van der Waals surface area contributed by atoms with Crippen molar-refractivity contribution in [2.24, 2.45) is 11.8 Å². The molecular weight excluding hydrogens is 444 g/mol. The lowest BCUT2D eigenvalue weighted by atomic mass is 10.0. The van der Waals surface area contributed by atoms with E-state index in [-0.39, 0.29) is 22.5 Å². The summed E-state index contributed by atoms with van der Waals surface area (Å²) in [5.41, 5.74) is 1.78. The van der Waals surface area contributed by atoms with Gasteiger partial charge in [0, 0.05) is 30.4 Å². The van der Waals surface area contributed by atoms with Crippen LogP contribution in [0.25, 0.3) is 0 Å². The normalized spacial score (nSPS) is 17.2.